The predicted octanol–water partition coefficient (Wildman–Crippen LogP) is 6.27. The lowest BCUT2D eigenvalue weighted by molar-refractivity contribution is -0.929. The van der Waals surface area contributed by atoms with Crippen LogP contribution in [0.3, 0.4) is 0 Å². The van der Waals surface area contributed by atoms with E-state index in [9.17, 15) is 13.8 Å². The third-order valence-corrected chi connectivity index (χ3v) is 14.0. The lowest BCUT2D eigenvalue weighted by Gasteiger charge is -2.40. The minimum atomic E-state index is -5.40. The molecule has 0 spiro atoms. The number of rotatable bonds is 19. The Kier molecular flexibility index (Phi) is 17.1. The maximum absolute atomic E-state index is 12.9. The molecule has 0 atom stereocenters. The first-order chi connectivity index (χ1) is 20.9. The van der Waals surface area contributed by atoms with E-state index in [1.807, 2.05) is 0 Å². The monoisotopic (exact) mass is 631 g/mol. The highest BCUT2D eigenvalue weighted by molar-refractivity contribution is 7.09. The second-order valence-corrected chi connectivity index (χ2v) is 16.4. The molecule has 3 aromatic rings. The molecule has 0 aliphatic rings. The van der Waals surface area contributed by atoms with Crippen molar-refractivity contribution in [2.45, 2.75) is 79.1 Å². The Balaban J connectivity index is 0.000000332. The van der Waals surface area contributed by atoms with Crippen LogP contribution in [0, 0.1) is 0 Å². The third kappa shape index (κ3) is 11.0. The Bertz CT molecular complexity index is 975. The molecule has 9 heteroatoms. The van der Waals surface area contributed by atoms with Crippen molar-refractivity contribution in [3.05, 3.63) is 91.0 Å². The van der Waals surface area contributed by atoms with Crippen molar-refractivity contribution < 1.29 is 31.7 Å². The number of hydrogen-bond acceptors (Lipinski definition) is 4. The molecule has 0 heterocycles. The molecule has 0 amide bonds. The molecule has 0 N–H and O–H groups in total. The average molecular weight is 632 g/mol. The molecule has 0 aliphatic heterocycles. The number of hydrogen-bond donors (Lipinski definition) is 0. The van der Waals surface area contributed by atoms with Crippen LogP contribution in [0.1, 0.15) is 79.1 Å². The van der Waals surface area contributed by atoms with E-state index in [0.717, 1.165) is 0 Å². The zero-order chi connectivity index (χ0) is 31.4. The summed E-state index contributed by atoms with van der Waals surface area (Å²) in [5.74, 6) is 0. The van der Waals surface area contributed by atoms with Gasteiger partial charge in [-0.3, -0.25) is 0 Å². The standard InChI is InChI=1S/C18H15F2O4Si2.C16H36N/c19-22-26(21,23-20)24-25(16-10-4-1-5-11-16,17-12-6-2-7-13-17)18-14-8-3-9-15-18;1-5-9-13-17(14-10-6-2,15-11-7-3)16-12-8-4/h1-15H;5-16H2,1-4H3/q-1;+1. The van der Waals surface area contributed by atoms with Crippen molar-refractivity contribution >= 4 is 32.9 Å². The van der Waals surface area contributed by atoms with Crippen molar-refractivity contribution in [1.29, 1.82) is 0 Å². The van der Waals surface area contributed by atoms with Crippen LogP contribution >= 0.6 is 0 Å². The molecule has 238 valence electrons. The number of quaternary nitrogens is 1. The van der Waals surface area contributed by atoms with Gasteiger partial charge in [-0.15, -0.1) is 0 Å². The lowest BCUT2D eigenvalue weighted by atomic mass is 10.1. The summed E-state index contributed by atoms with van der Waals surface area (Å²) < 4.78 is 39.4. The van der Waals surface area contributed by atoms with Crippen LogP contribution in [0.15, 0.2) is 91.0 Å². The highest BCUT2D eigenvalue weighted by Gasteiger charge is 2.49. The number of unbranched alkanes of at least 4 members (excludes halogenated alkanes) is 4. The molecule has 0 saturated carbocycles. The van der Waals surface area contributed by atoms with Gasteiger partial charge in [-0.25, -0.2) is 0 Å². The van der Waals surface area contributed by atoms with Crippen molar-refractivity contribution in [3.63, 3.8) is 0 Å². The molecule has 3 aromatic carbocycles. The summed E-state index contributed by atoms with van der Waals surface area (Å²) in [5, 5.41) is 1.91. The minimum absolute atomic E-state index is 0.638. The zero-order valence-corrected chi connectivity index (χ0v) is 28.5. The smallest absolute Gasteiger partial charge is 0.481 e. The molecule has 0 saturated heterocycles. The van der Waals surface area contributed by atoms with E-state index in [4.69, 9.17) is 4.12 Å². The molecule has 0 radical (unpaired) electrons. The second kappa shape index (κ2) is 19.9. The Labute approximate surface area is 260 Å². The van der Waals surface area contributed by atoms with Gasteiger partial charge in [0.2, 0.25) is 0 Å². The largest absolute Gasteiger partial charge is 0.791 e. The second-order valence-electron chi connectivity index (χ2n) is 11.2. The fourth-order valence-corrected chi connectivity index (χ4v) is 11.7. The van der Waals surface area contributed by atoms with Gasteiger partial charge in [-0.05, 0) is 41.2 Å². The van der Waals surface area contributed by atoms with Gasteiger partial charge >= 0.3 is 9.05 Å². The van der Waals surface area contributed by atoms with Gasteiger partial charge in [0.15, 0.2) is 0 Å². The van der Waals surface area contributed by atoms with Crippen LogP contribution in [0.4, 0.5) is 9.05 Å². The van der Waals surface area contributed by atoms with Crippen LogP contribution in [0.25, 0.3) is 0 Å². The number of nitrogens with zero attached hydrogens (tertiary/aromatic N) is 1. The summed E-state index contributed by atoms with van der Waals surface area (Å²) in [6.07, 6.45) is 11.1. The highest BCUT2D eigenvalue weighted by Crippen LogP contribution is 2.17. The Morgan fingerprint density at radius 2 is 0.814 bits per heavy atom. The Morgan fingerprint density at radius 1 is 0.535 bits per heavy atom. The van der Waals surface area contributed by atoms with E-state index < -0.39 is 17.4 Å². The van der Waals surface area contributed by atoms with Crippen LogP contribution in [0.5, 0.6) is 0 Å². The van der Waals surface area contributed by atoms with Gasteiger partial charge in [0.05, 0.1) is 26.2 Å². The van der Waals surface area contributed by atoms with Gasteiger partial charge < -0.3 is 13.4 Å². The van der Waals surface area contributed by atoms with Gasteiger partial charge in [0, 0.05) is 0 Å². The first-order valence-electron chi connectivity index (χ1n) is 15.9. The topological polar surface area (TPSA) is 50.8 Å². The first kappa shape index (κ1) is 36.9. The van der Waals surface area contributed by atoms with Crippen LogP contribution < -0.4 is 20.4 Å². The summed E-state index contributed by atoms with van der Waals surface area (Å²) in [5.41, 5.74) is 0. The van der Waals surface area contributed by atoms with Crippen LogP contribution in [0.2, 0.25) is 0 Å². The number of benzene rings is 3. The SMILES string of the molecule is CCCC[N+](CCCC)(CCCC)CCCC.[O-][Si](OF)(OF)O[Si](c1ccccc1)(c1ccccc1)c1ccccc1. The summed E-state index contributed by atoms with van der Waals surface area (Å²) in [7, 11) is -8.98. The third-order valence-electron chi connectivity index (χ3n) is 7.95. The van der Waals surface area contributed by atoms with E-state index >= 15 is 0 Å². The molecule has 0 fully saturated rings. The maximum atomic E-state index is 12.9. The first-order valence-corrected chi connectivity index (χ1v) is 19.4. The molecule has 43 heavy (non-hydrogen) atoms. The summed E-state index contributed by atoms with van der Waals surface area (Å²) in [4.78, 5) is 12.3. The fraction of sp³-hybridized carbons (Fsp3) is 0.471. The van der Waals surface area contributed by atoms with Gasteiger partial charge in [-0.1, -0.05) is 153 Å². The average Bonchev–Trinajstić information content (AvgIpc) is 3.08. The molecule has 0 unspecified atom stereocenters. The summed E-state index contributed by atoms with van der Waals surface area (Å²) >= 11 is 0. The predicted molar refractivity (Wildman–Crippen MR) is 175 cm³/mol. The molecule has 0 bridgehead atoms. The fourth-order valence-electron chi connectivity index (χ4n) is 5.57. The van der Waals surface area contributed by atoms with Crippen LogP contribution in [-0.4, -0.2) is 48.0 Å². The van der Waals surface area contributed by atoms with Gasteiger partial charge in [0.1, 0.15) is 0 Å². The van der Waals surface area contributed by atoms with Gasteiger partial charge in [0.25, 0.3) is 8.32 Å². The maximum Gasteiger partial charge on any atom is 0.481 e. The highest BCUT2D eigenvalue weighted by atomic mass is 28.5. The van der Waals surface area contributed by atoms with E-state index in [1.54, 1.807) is 91.0 Å². The van der Waals surface area contributed by atoms with Crippen molar-refractivity contribution in [3.8, 4) is 0 Å². The molecule has 0 aliphatic carbocycles. The van der Waals surface area contributed by atoms with Gasteiger partial charge in [-0.2, -0.15) is 9.26 Å². The Hall–Kier alpha value is -2.25. The normalized spacial score (nSPS) is 12.1. The quantitative estimate of drug-likeness (QED) is 0.0889. The van der Waals surface area contributed by atoms with Crippen molar-refractivity contribution in [1.82, 2.24) is 0 Å². The van der Waals surface area contributed by atoms with Crippen molar-refractivity contribution in [2.24, 2.45) is 0 Å². The molecule has 5 nitrogen and oxygen atoms in total. The lowest BCUT2D eigenvalue weighted by Crippen LogP contribution is -2.76. The molecule has 3 rings (SSSR count). The zero-order valence-electron chi connectivity index (χ0n) is 26.5. The van der Waals surface area contributed by atoms with Crippen LogP contribution in [-0.2, 0) is 13.4 Å². The van der Waals surface area contributed by atoms with E-state index in [0.29, 0.717) is 15.6 Å². The molecule has 0 aromatic heterocycles. The molecular weight excluding hydrogens is 581 g/mol. The summed E-state index contributed by atoms with van der Waals surface area (Å²) in [6, 6.07) is 26.6. The van der Waals surface area contributed by atoms with E-state index in [1.165, 1.54) is 82.0 Å². The Morgan fingerprint density at radius 3 is 1.05 bits per heavy atom. The molecular formula is C34H51F2NO4Si2. The number of halogens is 2. The van der Waals surface area contributed by atoms with Crippen molar-refractivity contribution in [2.75, 3.05) is 26.2 Å². The van der Waals surface area contributed by atoms with E-state index in [-0.39, 0.29) is 0 Å². The van der Waals surface area contributed by atoms with E-state index in [2.05, 4.69) is 37.0 Å². The summed E-state index contributed by atoms with van der Waals surface area (Å²) in [6.45, 7) is 15.0. The minimum Gasteiger partial charge on any atom is -0.791 e.